The predicted molar refractivity (Wildman–Crippen MR) is 140 cm³/mol. The van der Waals surface area contributed by atoms with E-state index in [0.29, 0.717) is 10.7 Å². The Bertz CT molecular complexity index is 1210. The zero-order valence-electron chi connectivity index (χ0n) is 20.1. The van der Waals surface area contributed by atoms with Crippen LogP contribution in [-0.2, 0) is 4.74 Å². The number of nitrogens with one attached hydrogen (secondary N) is 1. The van der Waals surface area contributed by atoms with Gasteiger partial charge in [-0.1, -0.05) is 53.9 Å². The lowest BCUT2D eigenvalue weighted by atomic mass is 10.0. The van der Waals surface area contributed by atoms with E-state index in [4.69, 9.17) is 16.3 Å². The maximum absolute atomic E-state index is 11.9. The van der Waals surface area contributed by atoms with Crippen LogP contribution in [0, 0.1) is 11.8 Å². The van der Waals surface area contributed by atoms with E-state index in [-0.39, 0.29) is 6.04 Å². The highest BCUT2D eigenvalue weighted by Crippen LogP contribution is 2.21. The van der Waals surface area contributed by atoms with Crippen LogP contribution in [0.25, 0.3) is 16.7 Å². The van der Waals surface area contributed by atoms with Crippen molar-refractivity contribution in [2.45, 2.75) is 46.3 Å². The molecule has 0 bridgehead atoms. The lowest BCUT2D eigenvalue weighted by Gasteiger charge is -2.21. The van der Waals surface area contributed by atoms with Crippen LogP contribution < -0.4 is 5.32 Å². The second-order valence-corrected chi connectivity index (χ2v) is 9.49. The van der Waals surface area contributed by atoms with Crippen molar-refractivity contribution in [3.8, 4) is 23.0 Å². The first-order chi connectivity index (χ1) is 16.1. The fourth-order valence-corrected chi connectivity index (χ4v) is 3.37. The van der Waals surface area contributed by atoms with E-state index in [0.717, 1.165) is 27.8 Å². The number of carbonyl (C=O) groups excluding carboxylic acids is 1. The highest BCUT2D eigenvalue weighted by molar-refractivity contribution is 6.30. The average Bonchev–Trinajstić information content (AvgIpc) is 2.77. The maximum atomic E-state index is 11.9. The third-order valence-corrected chi connectivity index (χ3v) is 5.11. The number of aromatic nitrogens is 1. The highest BCUT2D eigenvalue weighted by Gasteiger charge is 2.17. The molecule has 1 atom stereocenters. The average molecular weight is 473 g/mol. The number of rotatable bonds is 4. The lowest BCUT2D eigenvalue weighted by molar-refractivity contribution is 0.0518. The Morgan fingerprint density at radius 2 is 1.65 bits per heavy atom. The van der Waals surface area contributed by atoms with Crippen molar-refractivity contribution in [3.05, 3.63) is 94.8 Å². The molecule has 0 aliphatic carbocycles. The maximum Gasteiger partial charge on any atom is 0.408 e. The Balaban J connectivity index is 1.62. The van der Waals surface area contributed by atoms with Crippen LogP contribution in [0.5, 0.6) is 0 Å². The van der Waals surface area contributed by atoms with Gasteiger partial charge in [0.15, 0.2) is 0 Å². The van der Waals surface area contributed by atoms with Gasteiger partial charge in [-0.25, -0.2) is 9.78 Å². The molecule has 34 heavy (non-hydrogen) atoms. The van der Waals surface area contributed by atoms with Crippen molar-refractivity contribution in [1.82, 2.24) is 10.3 Å². The largest absolute Gasteiger partial charge is 0.444 e. The number of amides is 1. The molecular formula is C29H29ClN2O2. The third kappa shape index (κ3) is 7.79. The van der Waals surface area contributed by atoms with E-state index in [1.165, 1.54) is 0 Å². The Labute approximate surface area is 207 Å². The van der Waals surface area contributed by atoms with E-state index in [2.05, 4.69) is 22.1 Å². The summed E-state index contributed by atoms with van der Waals surface area (Å²) in [4.78, 5) is 16.4. The van der Waals surface area contributed by atoms with Crippen LogP contribution in [0.4, 0.5) is 4.79 Å². The fraction of sp³-hybridized carbons (Fsp3) is 0.241. The van der Waals surface area contributed by atoms with Gasteiger partial charge in [0.05, 0.1) is 0 Å². The Hall–Kier alpha value is -3.55. The standard InChI is InChI=1S/C29H29ClN2O2/c1-20(18-21(2)32-28(33)34-29(3,4)5)23-9-6-22(7-10-23)8-16-27-17-13-25(19-31-27)24-11-14-26(30)15-12-24/h6-7,9-15,17-19,21H,1-5H3,(H,32,33)/b20-18+/t21-/m1/s1. The van der Waals surface area contributed by atoms with Gasteiger partial charge < -0.3 is 10.1 Å². The SMILES string of the molecule is C/C(=C\[C@@H](C)NC(=O)OC(C)(C)C)c1ccc(C#Cc2ccc(-c3ccc(Cl)cc3)cn2)cc1. The summed E-state index contributed by atoms with van der Waals surface area (Å²) >= 11 is 5.95. The summed E-state index contributed by atoms with van der Waals surface area (Å²) in [5.74, 6) is 6.27. The van der Waals surface area contributed by atoms with Crippen LogP contribution in [0.15, 0.2) is 72.9 Å². The number of carbonyl (C=O) groups is 1. The number of hydrogen-bond acceptors (Lipinski definition) is 3. The van der Waals surface area contributed by atoms with Crippen molar-refractivity contribution in [1.29, 1.82) is 0 Å². The minimum absolute atomic E-state index is 0.156. The molecule has 4 nitrogen and oxygen atoms in total. The number of ether oxygens (including phenoxy) is 1. The lowest BCUT2D eigenvalue weighted by Crippen LogP contribution is -2.36. The summed E-state index contributed by atoms with van der Waals surface area (Å²) < 4.78 is 5.30. The predicted octanol–water partition coefficient (Wildman–Crippen LogP) is 7.12. The molecule has 0 unspecified atom stereocenters. The van der Waals surface area contributed by atoms with Crippen molar-refractivity contribution >= 4 is 23.3 Å². The van der Waals surface area contributed by atoms with E-state index in [9.17, 15) is 4.79 Å². The van der Waals surface area contributed by atoms with E-state index < -0.39 is 11.7 Å². The molecule has 0 spiro atoms. The number of nitrogens with zero attached hydrogens (tertiary/aromatic N) is 1. The van der Waals surface area contributed by atoms with Gasteiger partial charge in [0.2, 0.25) is 0 Å². The molecule has 0 aliphatic rings. The van der Waals surface area contributed by atoms with E-state index in [1.54, 1.807) is 0 Å². The smallest absolute Gasteiger partial charge is 0.408 e. The Morgan fingerprint density at radius 1 is 1.00 bits per heavy atom. The van der Waals surface area contributed by atoms with Gasteiger partial charge in [-0.2, -0.15) is 0 Å². The number of pyridine rings is 1. The van der Waals surface area contributed by atoms with Crippen LogP contribution in [0.1, 0.15) is 51.4 Å². The minimum atomic E-state index is -0.520. The zero-order valence-corrected chi connectivity index (χ0v) is 20.9. The second kappa shape index (κ2) is 11.0. The number of hydrogen-bond donors (Lipinski definition) is 1. The van der Waals surface area contributed by atoms with Gasteiger partial charge in [-0.15, -0.1) is 0 Å². The molecule has 2 aromatic carbocycles. The summed E-state index contributed by atoms with van der Waals surface area (Å²) in [6.45, 7) is 9.46. The van der Waals surface area contributed by atoms with E-state index in [1.807, 2.05) is 108 Å². The highest BCUT2D eigenvalue weighted by atomic mass is 35.5. The molecule has 1 aromatic heterocycles. The topological polar surface area (TPSA) is 51.2 Å². The Morgan fingerprint density at radius 3 is 2.24 bits per heavy atom. The van der Waals surface area contributed by atoms with Crippen LogP contribution in [0.3, 0.4) is 0 Å². The first kappa shape index (κ1) is 25.1. The number of halogens is 1. The number of allylic oxidation sites excluding steroid dienone is 1. The molecule has 3 rings (SSSR count). The molecule has 0 saturated heterocycles. The van der Waals surface area contributed by atoms with Gasteiger partial charge in [0, 0.05) is 28.4 Å². The molecule has 0 fully saturated rings. The second-order valence-electron chi connectivity index (χ2n) is 9.05. The molecule has 0 saturated carbocycles. The van der Waals surface area contributed by atoms with Crippen molar-refractivity contribution in [2.24, 2.45) is 0 Å². The first-order valence-corrected chi connectivity index (χ1v) is 11.5. The quantitative estimate of drug-likeness (QED) is 0.411. The van der Waals surface area contributed by atoms with Crippen molar-refractivity contribution < 1.29 is 9.53 Å². The zero-order chi connectivity index (χ0) is 24.7. The molecule has 1 amide bonds. The Kier molecular flexibility index (Phi) is 8.15. The fourth-order valence-electron chi connectivity index (χ4n) is 3.24. The molecule has 0 radical (unpaired) electrons. The summed E-state index contributed by atoms with van der Waals surface area (Å²) in [5, 5.41) is 3.54. The van der Waals surface area contributed by atoms with E-state index >= 15 is 0 Å². The summed E-state index contributed by atoms with van der Waals surface area (Å²) in [6, 6.07) is 19.4. The molecular weight excluding hydrogens is 444 g/mol. The number of alkyl carbamates (subject to hydrolysis) is 1. The van der Waals surface area contributed by atoms with Gasteiger partial charge in [0.25, 0.3) is 0 Å². The van der Waals surface area contributed by atoms with Crippen LogP contribution >= 0.6 is 11.6 Å². The summed E-state index contributed by atoms with van der Waals surface area (Å²) in [7, 11) is 0. The van der Waals surface area contributed by atoms with Gasteiger partial charge in [-0.05, 0) is 87.6 Å². The summed E-state index contributed by atoms with van der Waals surface area (Å²) in [5.41, 5.74) is 5.29. The molecule has 3 aromatic rings. The molecule has 5 heteroatoms. The van der Waals surface area contributed by atoms with Gasteiger partial charge >= 0.3 is 6.09 Å². The normalized spacial score (nSPS) is 12.4. The van der Waals surface area contributed by atoms with Crippen molar-refractivity contribution in [3.63, 3.8) is 0 Å². The molecule has 1 N–H and O–H groups in total. The summed E-state index contributed by atoms with van der Waals surface area (Å²) in [6.07, 6.45) is 3.39. The molecule has 1 heterocycles. The molecule has 174 valence electrons. The third-order valence-electron chi connectivity index (χ3n) is 4.86. The minimum Gasteiger partial charge on any atom is -0.444 e. The molecule has 0 aliphatic heterocycles. The monoisotopic (exact) mass is 472 g/mol. The van der Waals surface area contributed by atoms with Gasteiger partial charge in [-0.3, -0.25) is 0 Å². The number of benzene rings is 2. The first-order valence-electron chi connectivity index (χ1n) is 11.1. The van der Waals surface area contributed by atoms with Crippen LogP contribution in [-0.4, -0.2) is 22.7 Å². The van der Waals surface area contributed by atoms with Crippen LogP contribution in [0.2, 0.25) is 5.02 Å². The van der Waals surface area contributed by atoms with Gasteiger partial charge in [0.1, 0.15) is 11.3 Å². The van der Waals surface area contributed by atoms with Crippen molar-refractivity contribution in [2.75, 3.05) is 0 Å².